The smallest absolute Gasteiger partial charge is 0.259 e. The highest BCUT2D eigenvalue weighted by Crippen LogP contribution is 2.33. The molecule has 0 spiro atoms. The van der Waals surface area contributed by atoms with E-state index in [4.69, 9.17) is 33.3 Å². The summed E-state index contributed by atoms with van der Waals surface area (Å²) in [5.74, 6) is 0.429. The number of aromatic nitrogens is 1. The molecular weight excluding hydrogens is 423 g/mol. The highest BCUT2D eigenvalue weighted by atomic mass is 35.5. The van der Waals surface area contributed by atoms with Gasteiger partial charge in [0.1, 0.15) is 11.6 Å². The quantitative estimate of drug-likeness (QED) is 0.412. The summed E-state index contributed by atoms with van der Waals surface area (Å²) in [5, 5.41) is 14.5. The number of anilines is 2. The van der Waals surface area contributed by atoms with Crippen molar-refractivity contribution in [3.8, 4) is 5.75 Å². The highest BCUT2D eigenvalue weighted by Gasteiger charge is 2.18. The summed E-state index contributed by atoms with van der Waals surface area (Å²) >= 11 is 12.0. The first-order chi connectivity index (χ1) is 14.4. The Balaban J connectivity index is 1.85. The molecular formula is C22H20Cl2N4O2. The zero-order chi connectivity index (χ0) is 21.7. The molecule has 0 aliphatic heterocycles. The number of pyridine rings is 1. The molecule has 0 bridgehead atoms. The van der Waals surface area contributed by atoms with E-state index < -0.39 is 0 Å². The Morgan fingerprint density at radius 3 is 2.43 bits per heavy atom. The van der Waals surface area contributed by atoms with E-state index >= 15 is 0 Å². The molecule has 0 saturated carbocycles. The van der Waals surface area contributed by atoms with Gasteiger partial charge >= 0.3 is 0 Å². The third-order valence-electron chi connectivity index (χ3n) is 4.36. The number of carbonyl (C=O) groups is 1. The van der Waals surface area contributed by atoms with Crippen LogP contribution in [0.2, 0.25) is 10.0 Å². The zero-order valence-corrected chi connectivity index (χ0v) is 17.9. The zero-order valence-electron chi connectivity index (χ0n) is 16.4. The van der Waals surface area contributed by atoms with E-state index in [2.05, 4.69) is 15.6 Å². The Kier molecular flexibility index (Phi) is 6.92. The van der Waals surface area contributed by atoms with Crippen LogP contribution in [0.3, 0.4) is 0 Å². The van der Waals surface area contributed by atoms with Gasteiger partial charge < -0.3 is 20.8 Å². The highest BCUT2D eigenvalue weighted by molar-refractivity contribution is 6.31. The predicted molar refractivity (Wildman–Crippen MR) is 121 cm³/mol. The number of carbonyl (C=O) groups excluding carboxylic acids is 1. The summed E-state index contributed by atoms with van der Waals surface area (Å²) in [6.07, 6.45) is 1.45. The fourth-order valence-corrected chi connectivity index (χ4v) is 3.12. The summed E-state index contributed by atoms with van der Waals surface area (Å²) in [6.45, 7) is 2.20. The SMILES string of the molecule is COc1cc(Cl)cc(C(=O)Nc2ccc(Cl)cn2)c1NCc1ccc(C(C)=N)cc1. The average molecular weight is 443 g/mol. The first-order valence-electron chi connectivity index (χ1n) is 9.06. The van der Waals surface area contributed by atoms with Crippen LogP contribution in [0, 0.1) is 5.41 Å². The Hall–Kier alpha value is -3.09. The van der Waals surface area contributed by atoms with Gasteiger partial charge in [-0.1, -0.05) is 47.5 Å². The van der Waals surface area contributed by atoms with Crippen molar-refractivity contribution in [3.05, 3.63) is 81.5 Å². The molecule has 0 aliphatic carbocycles. The minimum atomic E-state index is -0.386. The maximum absolute atomic E-state index is 12.9. The molecule has 8 heteroatoms. The predicted octanol–water partition coefficient (Wildman–Crippen LogP) is 5.65. The molecule has 3 aromatic rings. The van der Waals surface area contributed by atoms with Crippen molar-refractivity contribution in [2.45, 2.75) is 13.5 Å². The summed E-state index contributed by atoms with van der Waals surface area (Å²) < 4.78 is 5.43. The lowest BCUT2D eigenvalue weighted by atomic mass is 10.1. The number of nitrogens with one attached hydrogen (secondary N) is 3. The van der Waals surface area contributed by atoms with Crippen LogP contribution in [-0.2, 0) is 6.54 Å². The molecule has 0 radical (unpaired) electrons. The Labute approximate surface area is 184 Å². The monoisotopic (exact) mass is 442 g/mol. The van der Waals surface area contributed by atoms with Gasteiger partial charge in [-0.25, -0.2) is 4.98 Å². The second-order valence-corrected chi connectivity index (χ2v) is 7.39. The Morgan fingerprint density at radius 2 is 1.83 bits per heavy atom. The number of ether oxygens (including phenoxy) is 1. The molecule has 3 N–H and O–H groups in total. The number of halogens is 2. The molecule has 1 aromatic heterocycles. The number of methoxy groups -OCH3 is 1. The van der Waals surface area contributed by atoms with Gasteiger partial charge in [0.05, 0.1) is 23.4 Å². The lowest BCUT2D eigenvalue weighted by Crippen LogP contribution is -2.16. The van der Waals surface area contributed by atoms with Gasteiger partial charge in [-0.2, -0.15) is 0 Å². The third-order valence-corrected chi connectivity index (χ3v) is 4.80. The minimum absolute atomic E-state index is 0.322. The fourth-order valence-electron chi connectivity index (χ4n) is 2.80. The van der Waals surface area contributed by atoms with Gasteiger partial charge in [0.25, 0.3) is 5.91 Å². The van der Waals surface area contributed by atoms with Gasteiger partial charge in [0, 0.05) is 29.5 Å². The van der Waals surface area contributed by atoms with Crippen LogP contribution < -0.4 is 15.4 Å². The lowest BCUT2D eigenvalue weighted by Gasteiger charge is -2.16. The molecule has 0 fully saturated rings. The minimum Gasteiger partial charge on any atom is -0.495 e. The molecule has 3 rings (SSSR count). The molecule has 1 heterocycles. The average Bonchev–Trinajstić information content (AvgIpc) is 2.74. The van der Waals surface area contributed by atoms with Crippen molar-refractivity contribution >= 4 is 46.3 Å². The van der Waals surface area contributed by atoms with Crippen LogP contribution in [0.25, 0.3) is 0 Å². The molecule has 154 valence electrons. The maximum atomic E-state index is 12.9. The first kappa shape index (κ1) is 21.6. The van der Waals surface area contributed by atoms with E-state index in [1.807, 2.05) is 24.3 Å². The van der Waals surface area contributed by atoms with Gasteiger partial charge in [0.15, 0.2) is 0 Å². The maximum Gasteiger partial charge on any atom is 0.259 e. The van der Waals surface area contributed by atoms with Crippen LogP contribution in [0.15, 0.2) is 54.7 Å². The van der Waals surface area contributed by atoms with Crippen LogP contribution in [0.1, 0.15) is 28.4 Å². The van der Waals surface area contributed by atoms with Crippen molar-refractivity contribution in [2.75, 3.05) is 17.7 Å². The van der Waals surface area contributed by atoms with Crippen molar-refractivity contribution < 1.29 is 9.53 Å². The summed E-state index contributed by atoms with van der Waals surface area (Å²) in [5.41, 5.74) is 3.19. The summed E-state index contributed by atoms with van der Waals surface area (Å²) in [6, 6.07) is 14.1. The Bertz CT molecular complexity index is 1070. The topological polar surface area (TPSA) is 87.1 Å². The molecule has 1 amide bonds. The number of rotatable bonds is 7. The van der Waals surface area contributed by atoms with E-state index in [0.717, 1.165) is 11.1 Å². The summed E-state index contributed by atoms with van der Waals surface area (Å²) in [7, 11) is 1.51. The van der Waals surface area contributed by atoms with E-state index in [1.54, 1.807) is 31.2 Å². The van der Waals surface area contributed by atoms with Crippen LogP contribution in [-0.4, -0.2) is 23.7 Å². The van der Waals surface area contributed by atoms with Crippen molar-refractivity contribution in [3.63, 3.8) is 0 Å². The van der Waals surface area contributed by atoms with E-state index in [9.17, 15) is 4.79 Å². The van der Waals surface area contributed by atoms with Crippen molar-refractivity contribution in [1.82, 2.24) is 4.98 Å². The van der Waals surface area contributed by atoms with Crippen LogP contribution in [0.4, 0.5) is 11.5 Å². The van der Waals surface area contributed by atoms with Gasteiger partial charge in [-0.05, 0) is 36.2 Å². The lowest BCUT2D eigenvalue weighted by molar-refractivity contribution is 0.102. The molecule has 0 saturated heterocycles. The Morgan fingerprint density at radius 1 is 1.10 bits per heavy atom. The van der Waals surface area contributed by atoms with E-state index in [1.165, 1.54) is 13.3 Å². The van der Waals surface area contributed by atoms with Gasteiger partial charge in [-0.3, -0.25) is 4.79 Å². The van der Waals surface area contributed by atoms with E-state index in [-0.39, 0.29) is 5.91 Å². The molecule has 30 heavy (non-hydrogen) atoms. The molecule has 0 aliphatic rings. The van der Waals surface area contributed by atoms with Gasteiger partial charge in [0.2, 0.25) is 0 Å². The second-order valence-electron chi connectivity index (χ2n) is 6.52. The summed E-state index contributed by atoms with van der Waals surface area (Å²) in [4.78, 5) is 17.0. The standard InChI is InChI=1S/C22H20Cl2N4O2/c1-13(25)15-5-3-14(4-6-15)11-27-21-18(9-17(24)10-19(21)30-2)22(29)28-20-8-7-16(23)12-26-20/h3-10,12,25,27H,11H2,1-2H3,(H,26,28,29). The third kappa shape index (κ3) is 5.28. The molecule has 2 aromatic carbocycles. The molecule has 0 unspecified atom stereocenters. The largest absolute Gasteiger partial charge is 0.495 e. The number of nitrogens with zero attached hydrogens (tertiary/aromatic N) is 1. The molecule has 6 nitrogen and oxygen atoms in total. The first-order valence-corrected chi connectivity index (χ1v) is 9.81. The van der Waals surface area contributed by atoms with Gasteiger partial charge in [-0.15, -0.1) is 0 Å². The van der Waals surface area contributed by atoms with Crippen molar-refractivity contribution in [1.29, 1.82) is 5.41 Å². The number of benzene rings is 2. The van der Waals surface area contributed by atoms with Crippen LogP contribution >= 0.6 is 23.2 Å². The fraction of sp³-hybridized carbons (Fsp3) is 0.136. The number of amides is 1. The van der Waals surface area contributed by atoms with Crippen LogP contribution in [0.5, 0.6) is 5.75 Å². The number of hydrogen-bond acceptors (Lipinski definition) is 5. The number of hydrogen-bond donors (Lipinski definition) is 3. The molecule has 0 atom stereocenters. The second kappa shape index (κ2) is 9.61. The normalized spacial score (nSPS) is 10.4. The van der Waals surface area contributed by atoms with E-state index in [0.29, 0.717) is 45.1 Å². The van der Waals surface area contributed by atoms with Crippen molar-refractivity contribution in [2.24, 2.45) is 0 Å².